The van der Waals surface area contributed by atoms with Gasteiger partial charge < -0.3 is 10.3 Å². The van der Waals surface area contributed by atoms with Crippen LogP contribution >= 0.6 is 0 Å². The highest BCUT2D eigenvalue weighted by atomic mass is 15.2. The van der Waals surface area contributed by atoms with Crippen molar-refractivity contribution in [3.63, 3.8) is 0 Å². The zero-order valence-corrected chi connectivity index (χ0v) is 10.3. The van der Waals surface area contributed by atoms with Gasteiger partial charge in [0.25, 0.3) is 0 Å². The molecule has 1 heterocycles. The van der Waals surface area contributed by atoms with E-state index in [0.29, 0.717) is 0 Å². The Bertz CT molecular complexity index is 328. The molecule has 1 aliphatic rings. The number of hydrogen-bond donors (Lipinski definition) is 1. The molecule has 2 rings (SSSR count). The number of rotatable bonds is 6. The molecule has 0 radical (unpaired) electrons. The van der Waals surface area contributed by atoms with Gasteiger partial charge in [0.2, 0.25) is 0 Å². The molecule has 1 aromatic heterocycles. The van der Waals surface area contributed by atoms with Gasteiger partial charge in [0.15, 0.2) is 0 Å². The van der Waals surface area contributed by atoms with Crippen LogP contribution in [0.3, 0.4) is 0 Å². The highest BCUT2D eigenvalue weighted by molar-refractivity contribution is 5.03. The maximum atomic E-state index is 5.90. The van der Waals surface area contributed by atoms with Crippen LogP contribution in [0.15, 0.2) is 12.5 Å². The van der Waals surface area contributed by atoms with E-state index in [-0.39, 0.29) is 6.04 Å². The maximum absolute atomic E-state index is 5.90. The predicted molar refractivity (Wildman–Crippen MR) is 65.1 cm³/mol. The SMILES string of the molecule is CCN(CCn1cncc1[C@@H](C)N)C1CC1. The molecule has 0 amide bonds. The monoisotopic (exact) mass is 222 g/mol. The lowest BCUT2D eigenvalue weighted by Crippen LogP contribution is -2.30. The molecule has 1 aromatic rings. The average molecular weight is 222 g/mol. The molecule has 0 saturated heterocycles. The highest BCUT2D eigenvalue weighted by Gasteiger charge is 2.27. The molecule has 0 aromatic carbocycles. The Hall–Kier alpha value is -0.870. The normalized spacial score (nSPS) is 18.0. The quantitative estimate of drug-likeness (QED) is 0.791. The summed E-state index contributed by atoms with van der Waals surface area (Å²) in [5.41, 5.74) is 7.03. The lowest BCUT2D eigenvalue weighted by molar-refractivity contribution is 0.264. The first-order valence-electron chi connectivity index (χ1n) is 6.22. The maximum Gasteiger partial charge on any atom is 0.0949 e. The number of hydrogen-bond acceptors (Lipinski definition) is 3. The van der Waals surface area contributed by atoms with Gasteiger partial charge in [-0.1, -0.05) is 6.92 Å². The molecular formula is C12H22N4. The molecule has 1 fully saturated rings. The van der Waals surface area contributed by atoms with E-state index in [9.17, 15) is 0 Å². The minimum atomic E-state index is 0.0681. The number of likely N-dealkylation sites (N-methyl/N-ethyl adjacent to an activating group) is 1. The summed E-state index contributed by atoms with van der Waals surface area (Å²) in [7, 11) is 0. The second kappa shape index (κ2) is 4.97. The first-order valence-corrected chi connectivity index (χ1v) is 6.22. The number of nitrogens with zero attached hydrogens (tertiary/aromatic N) is 3. The van der Waals surface area contributed by atoms with Crippen molar-refractivity contribution in [2.24, 2.45) is 5.73 Å². The summed E-state index contributed by atoms with van der Waals surface area (Å²) in [6.07, 6.45) is 6.51. The molecule has 0 spiro atoms. The van der Waals surface area contributed by atoms with E-state index in [0.717, 1.165) is 31.4 Å². The first kappa shape index (κ1) is 11.6. The predicted octanol–water partition coefficient (Wildman–Crippen LogP) is 1.39. The van der Waals surface area contributed by atoms with Gasteiger partial charge in [-0.2, -0.15) is 0 Å². The summed E-state index contributed by atoms with van der Waals surface area (Å²) in [4.78, 5) is 6.72. The molecule has 0 unspecified atom stereocenters. The standard InChI is InChI=1S/C12H22N4/c1-3-15(11-4-5-11)6-7-16-9-14-8-12(16)10(2)13/h8-11H,3-7,13H2,1-2H3/t10-/m1/s1. The molecule has 4 heteroatoms. The number of aromatic nitrogens is 2. The van der Waals surface area contributed by atoms with E-state index >= 15 is 0 Å². The van der Waals surface area contributed by atoms with Gasteiger partial charge in [-0.15, -0.1) is 0 Å². The molecule has 1 saturated carbocycles. The smallest absolute Gasteiger partial charge is 0.0949 e. The zero-order valence-electron chi connectivity index (χ0n) is 10.3. The van der Waals surface area contributed by atoms with Gasteiger partial charge in [0.05, 0.1) is 12.0 Å². The van der Waals surface area contributed by atoms with Crippen molar-refractivity contribution in [2.45, 2.75) is 45.3 Å². The van der Waals surface area contributed by atoms with Crippen LogP contribution in [0.2, 0.25) is 0 Å². The van der Waals surface area contributed by atoms with E-state index in [2.05, 4.69) is 21.4 Å². The van der Waals surface area contributed by atoms with E-state index in [1.165, 1.54) is 12.8 Å². The zero-order chi connectivity index (χ0) is 11.5. The molecule has 4 nitrogen and oxygen atoms in total. The van der Waals surface area contributed by atoms with Crippen molar-refractivity contribution in [2.75, 3.05) is 13.1 Å². The van der Waals surface area contributed by atoms with E-state index in [4.69, 9.17) is 5.73 Å². The van der Waals surface area contributed by atoms with Crippen LogP contribution in [0.25, 0.3) is 0 Å². The Labute approximate surface area is 97.4 Å². The van der Waals surface area contributed by atoms with Gasteiger partial charge in [0.1, 0.15) is 0 Å². The van der Waals surface area contributed by atoms with Crippen molar-refractivity contribution in [3.05, 3.63) is 18.2 Å². The van der Waals surface area contributed by atoms with Gasteiger partial charge in [0, 0.05) is 31.4 Å². The average Bonchev–Trinajstić information content (AvgIpc) is 2.97. The Morgan fingerprint density at radius 3 is 2.94 bits per heavy atom. The summed E-state index contributed by atoms with van der Waals surface area (Å²) >= 11 is 0. The van der Waals surface area contributed by atoms with Crippen molar-refractivity contribution in [1.82, 2.24) is 14.5 Å². The topological polar surface area (TPSA) is 47.1 Å². The summed E-state index contributed by atoms with van der Waals surface area (Å²) in [5, 5.41) is 0. The minimum Gasteiger partial charge on any atom is -0.332 e. The second-order valence-electron chi connectivity index (χ2n) is 4.66. The Kier molecular flexibility index (Phi) is 3.61. The van der Waals surface area contributed by atoms with Crippen molar-refractivity contribution in [1.29, 1.82) is 0 Å². The molecule has 0 bridgehead atoms. The fourth-order valence-electron chi connectivity index (χ4n) is 2.17. The fraction of sp³-hybridized carbons (Fsp3) is 0.750. The summed E-state index contributed by atoms with van der Waals surface area (Å²) in [5.74, 6) is 0. The molecule has 2 N–H and O–H groups in total. The van der Waals surface area contributed by atoms with Crippen LogP contribution in [-0.2, 0) is 6.54 Å². The van der Waals surface area contributed by atoms with Crippen molar-refractivity contribution >= 4 is 0 Å². The lowest BCUT2D eigenvalue weighted by atomic mass is 10.3. The number of imidazole rings is 1. The number of nitrogens with two attached hydrogens (primary N) is 1. The van der Waals surface area contributed by atoms with Crippen LogP contribution in [0.5, 0.6) is 0 Å². The molecule has 16 heavy (non-hydrogen) atoms. The Morgan fingerprint density at radius 2 is 2.38 bits per heavy atom. The third kappa shape index (κ3) is 2.62. The van der Waals surface area contributed by atoms with Gasteiger partial charge >= 0.3 is 0 Å². The lowest BCUT2D eigenvalue weighted by Gasteiger charge is -2.21. The first-order chi connectivity index (χ1) is 7.72. The van der Waals surface area contributed by atoms with Gasteiger partial charge in [-0.3, -0.25) is 4.90 Å². The van der Waals surface area contributed by atoms with Crippen LogP contribution in [-0.4, -0.2) is 33.6 Å². The summed E-state index contributed by atoms with van der Waals surface area (Å²) in [6.45, 7) is 7.50. The van der Waals surface area contributed by atoms with E-state index in [1.807, 2.05) is 19.4 Å². The largest absolute Gasteiger partial charge is 0.332 e. The minimum absolute atomic E-state index is 0.0681. The highest BCUT2D eigenvalue weighted by Crippen LogP contribution is 2.26. The Morgan fingerprint density at radius 1 is 1.62 bits per heavy atom. The van der Waals surface area contributed by atoms with Gasteiger partial charge in [-0.05, 0) is 26.3 Å². The third-order valence-electron chi connectivity index (χ3n) is 3.31. The van der Waals surface area contributed by atoms with E-state index < -0.39 is 0 Å². The Balaban J connectivity index is 1.90. The third-order valence-corrected chi connectivity index (χ3v) is 3.31. The van der Waals surface area contributed by atoms with E-state index in [1.54, 1.807) is 0 Å². The van der Waals surface area contributed by atoms with Crippen LogP contribution < -0.4 is 5.73 Å². The van der Waals surface area contributed by atoms with Crippen molar-refractivity contribution in [3.8, 4) is 0 Å². The molecule has 0 aliphatic heterocycles. The van der Waals surface area contributed by atoms with Crippen molar-refractivity contribution < 1.29 is 0 Å². The molecule has 1 aliphatic carbocycles. The second-order valence-corrected chi connectivity index (χ2v) is 4.66. The summed E-state index contributed by atoms with van der Waals surface area (Å²) < 4.78 is 2.18. The van der Waals surface area contributed by atoms with Crippen LogP contribution in [0.4, 0.5) is 0 Å². The summed E-state index contributed by atoms with van der Waals surface area (Å²) in [6, 6.07) is 0.908. The molecule has 1 atom stereocenters. The van der Waals surface area contributed by atoms with Crippen LogP contribution in [0.1, 0.15) is 38.4 Å². The van der Waals surface area contributed by atoms with Gasteiger partial charge in [-0.25, -0.2) is 4.98 Å². The molecular weight excluding hydrogens is 200 g/mol. The molecule has 90 valence electrons. The van der Waals surface area contributed by atoms with Crippen LogP contribution in [0, 0.1) is 0 Å². The fourth-order valence-corrected chi connectivity index (χ4v) is 2.17.